The van der Waals surface area contributed by atoms with E-state index in [1.54, 1.807) is 6.92 Å². The van der Waals surface area contributed by atoms with Gasteiger partial charge in [-0.1, -0.05) is 0 Å². The van der Waals surface area contributed by atoms with Gasteiger partial charge in [-0.15, -0.1) is 0 Å². The largest absolute Gasteiger partial charge is 0.388 e. The molecule has 2 atom stereocenters. The molecule has 0 saturated heterocycles. The molecule has 1 aromatic heterocycles. The van der Waals surface area contributed by atoms with E-state index in [9.17, 15) is 19.8 Å². The molecule has 0 radical (unpaired) electrons. The maximum Gasteiger partial charge on any atom is 0.253 e. The van der Waals surface area contributed by atoms with Gasteiger partial charge in [-0.25, -0.2) is 0 Å². The van der Waals surface area contributed by atoms with Gasteiger partial charge in [0, 0.05) is 25.2 Å². The Balaban J connectivity index is 2.81. The lowest BCUT2D eigenvalue weighted by Gasteiger charge is -2.17. The molecule has 6 heteroatoms. The van der Waals surface area contributed by atoms with Gasteiger partial charge >= 0.3 is 0 Å². The molecule has 0 aliphatic heterocycles. The van der Waals surface area contributed by atoms with Crippen molar-refractivity contribution in [3.63, 3.8) is 0 Å². The summed E-state index contributed by atoms with van der Waals surface area (Å²) in [7, 11) is 0. The van der Waals surface area contributed by atoms with Crippen LogP contribution in [0.25, 0.3) is 0 Å². The second-order valence-electron chi connectivity index (χ2n) is 3.91. The highest BCUT2D eigenvalue weighted by molar-refractivity contribution is 5.72. The molecule has 0 spiro atoms. The standard InChI is InChI=1S/C11H16N2O4/c1-6-3-8(11(17)13-4-6)10(16)9(15)5-12-7(2)14/h3-4,9-10,15-16H,5H2,1-2H3,(H,12,14)(H,13,17). The normalized spacial score (nSPS) is 14.1. The molecule has 94 valence electrons. The first-order valence-corrected chi connectivity index (χ1v) is 5.21. The second-order valence-corrected chi connectivity index (χ2v) is 3.91. The number of pyridine rings is 1. The molecule has 1 rings (SSSR count). The van der Waals surface area contributed by atoms with Gasteiger partial charge in [0.15, 0.2) is 0 Å². The van der Waals surface area contributed by atoms with Crippen LogP contribution in [0.1, 0.15) is 24.2 Å². The zero-order valence-electron chi connectivity index (χ0n) is 9.73. The Labute approximate surface area is 98.3 Å². The summed E-state index contributed by atoms with van der Waals surface area (Å²) in [6, 6.07) is 1.50. The van der Waals surface area contributed by atoms with E-state index in [0.29, 0.717) is 0 Å². The topological polar surface area (TPSA) is 102 Å². The summed E-state index contributed by atoms with van der Waals surface area (Å²) in [5.74, 6) is -0.311. The zero-order valence-corrected chi connectivity index (χ0v) is 9.73. The van der Waals surface area contributed by atoms with Gasteiger partial charge in [-0.2, -0.15) is 0 Å². The van der Waals surface area contributed by atoms with E-state index >= 15 is 0 Å². The van der Waals surface area contributed by atoms with Crippen molar-refractivity contribution in [1.29, 1.82) is 0 Å². The Morgan fingerprint density at radius 2 is 2.18 bits per heavy atom. The van der Waals surface area contributed by atoms with E-state index in [-0.39, 0.29) is 18.0 Å². The second kappa shape index (κ2) is 5.60. The number of aromatic nitrogens is 1. The third-order valence-electron chi connectivity index (χ3n) is 2.32. The van der Waals surface area contributed by atoms with Crippen LogP contribution in [0.2, 0.25) is 0 Å². The SMILES string of the molecule is CC(=O)NCC(O)C(O)c1cc(C)c[nH]c1=O. The fourth-order valence-electron chi connectivity index (χ4n) is 1.40. The van der Waals surface area contributed by atoms with Crippen molar-refractivity contribution in [2.24, 2.45) is 0 Å². The molecule has 17 heavy (non-hydrogen) atoms. The van der Waals surface area contributed by atoms with Crippen molar-refractivity contribution in [1.82, 2.24) is 10.3 Å². The number of H-pyrrole nitrogens is 1. The van der Waals surface area contributed by atoms with Crippen LogP contribution in [-0.4, -0.2) is 33.8 Å². The Hall–Kier alpha value is -1.66. The van der Waals surface area contributed by atoms with Crippen LogP contribution in [0, 0.1) is 6.92 Å². The molecule has 4 N–H and O–H groups in total. The number of aromatic amines is 1. The molecule has 2 unspecified atom stereocenters. The zero-order chi connectivity index (χ0) is 13.0. The Morgan fingerprint density at radius 3 is 2.76 bits per heavy atom. The first-order chi connectivity index (χ1) is 7.91. The van der Waals surface area contributed by atoms with Crippen LogP contribution in [-0.2, 0) is 4.79 Å². The van der Waals surface area contributed by atoms with Crippen molar-refractivity contribution in [2.75, 3.05) is 6.54 Å². The Bertz CT molecular complexity index is 455. The Kier molecular flexibility index (Phi) is 4.42. The van der Waals surface area contributed by atoms with E-state index in [2.05, 4.69) is 10.3 Å². The number of aliphatic hydroxyl groups is 2. The lowest BCUT2D eigenvalue weighted by molar-refractivity contribution is -0.119. The maximum absolute atomic E-state index is 11.4. The van der Waals surface area contributed by atoms with E-state index in [4.69, 9.17) is 0 Å². The lowest BCUT2D eigenvalue weighted by Crippen LogP contribution is -2.36. The molecule has 0 saturated carbocycles. The molecule has 0 bridgehead atoms. The number of aryl methyl sites for hydroxylation is 1. The lowest BCUT2D eigenvalue weighted by atomic mass is 10.0. The van der Waals surface area contributed by atoms with Gasteiger partial charge in [0.25, 0.3) is 5.56 Å². The van der Waals surface area contributed by atoms with E-state index in [1.807, 2.05) is 0 Å². The summed E-state index contributed by atoms with van der Waals surface area (Å²) in [4.78, 5) is 24.6. The maximum atomic E-state index is 11.4. The summed E-state index contributed by atoms with van der Waals surface area (Å²) in [5.41, 5.74) is 0.401. The number of rotatable bonds is 4. The van der Waals surface area contributed by atoms with E-state index < -0.39 is 17.8 Å². The van der Waals surface area contributed by atoms with Crippen LogP contribution in [0.15, 0.2) is 17.1 Å². The van der Waals surface area contributed by atoms with Crippen molar-refractivity contribution in [2.45, 2.75) is 26.1 Å². The highest BCUT2D eigenvalue weighted by Crippen LogP contribution is 2.13. The first kappa shape index (κ1) is 13.4. The van der Waals surface area contributed by atoms with Crippen LogP contribution in [0.5, 0.6) is 0 Å². The highest BCUT2D eigenvalue weighted by atomic mass is 16.3. The van der Waals surface area contributed by atoms with Gasteiger partial charge in [-0.3, -0.25) is 9.59 Å². The van der Waals surface area contributed by atoms with Crippen LogP contribution in [0.4, 0.5) is 0 Å². The van der Waals surface area contributed by atoms with E-state index in [1.165, 1.54) is 19.2 Å². The molecule has 6 nitrogen and oxygen atoms in total. The van der Waals surface area contributed by atoms with Gasteiger partial charge < -0.3 is 20.5 Å². The van der Waals surface area contributed by atoms with Gasteiger partial charge in [0.1, 0.15) is 12.2 Å². The smallest absolute Gasteiger partial charge is 0.253 e. The predicted octanol–water partition coefficient (Wildman–Crippen LogP) is -0.786. The number of nitrogens with one attached hydrogen (secondary N) is 2. The molecule has 0 aliphatic rings. The molecular weight excluding hydrogens is 224 g/mol. The van der Waals surface area contributed by atoms with Crippen LogP contribution < -0.4 is 10.9 Å². The minimum atomic E-state index is -1.33. The fourth-order valence-corrected chi connectivity index (χ4v) is 1.40. The number of carbonyl (C=O) groups excluding carboxylic acids is 1. The third-order valence-corrected chi connectivity index (χ3v) is 2.32. The quantitative estimate of drug-likeness (QED) is 0.554. The molecule has 0 aliphatic carbocycles. The summed E-state index contributed by atoms with van der Waals surface area (Å²) in [6.45, 7) is 2.95. The number of carbonyl (C=O) groups is 1. The van der Waals surface area contributed by atoms with Crippen molar-refractivity contribution >= 4 is 5.91 Å². The molecule has 1 heterocycles. The minimum absolute atomic E-state index is 0.0860. The number of amides is 1. The molecular formula is C11H16N2O4. The van der Waals surface area contributed by atoms with E-state index in [0.717, 1.165) is 5.56 Å². The average molecular weight is 240 g/mol. The summed E-state index contributed by atoms with van der Waals surface area (Å²) in [6.07, 6.45) is -1.04. The van der Waals surface area contributed by atoms with Gasteiger partial charge in [-0.05, 0) is 18.6 Å². The number of hydrogen-bond acceptors (Lipinski definition) is 4. The minimum Gasteiger partial charge on any atom is -0.388 e. The van der Waals surface area contributed by atoms with Crippen molar-refractivity contribution < 1.29 is 15.0 Å². The van der Waals surface area contributed by atoms with Crippen molar-refractivity contribution in [3.05, 3.63) is 33.7 Å². The van der Waals surface area contributed by atoms with Crippen LogP contribution in [0.3, 0.4) is 0 Å². The highest BCUT2D eigenvalue weighted by Gasteiger charge is 2.21. The summed E-state index contributed by atoms with van der Waals surface area (Å²) < 4.78 is 0. The number of hydrogen-bond donors (Lipinski definition) is 4. The summed E-state index contributed by atoms with van der Waals surface area (Å²) in [5, 5.41) is 21.8. The molecule has 1 amide bonds. The predicted molar refractivity (Wildman–Crippen MR) is 61.5 cm³/mol. The molecule has 0 fully saturated rings. The first-order valence-electron chi connectivity index (χ1n) is 5.21. The average Bonchev–Trinajstić information content (AvgIpc) is 2.28. The third kappa shape index (κ3) is 3.69. The monoisotopic (exact) mass is 240 g/mol. The van der Waals surface area contributed by atoms with Crippen molar-refractivity contribution in [3.8, 4) is 0 Å². The fraction of sp³-hybridized carbons (Fsp3) is 0.455. The van der Waals surface area contributed by atoms with Crippen LogP contribution >= 0.6 is 0 Å². The molecule has 1 aromatic rings. The Morgan fingerprint density at radius 1 is 1.53 bits per heavy atom. The summed E-state index contributed by atoms with van der Waals surface area (Å²) >= 11 is 0. The number of aliphatic hydroxyl groups excluding tert-OH is 2. The molecule has 0 aromatic carbocycles. The van der Waals surface area contributed by atoms with Gasteiger partial charge in [0.2, 0.25) is 5.91 Å². The van der Waals surface area contributed by atoms with Gasteiger partial charge in [0.05, 0.1) is 0 Å².